The first-order valence-corrected chi connectivity index (χ1v) is 9.99. The molecule has 0 spiro atoms. The SMILES string of the molecule is N#C/N=c1/c2ccccc2/c(=N\C#N)c2cc3/c(=N\C#N)c4ccccc4/c(=N\C#N)c3cc12. The van der Waals surface area contributed by atoms with Gasteiger partial charge in [0.1, 0.15) is 0 Å². The quantitative estimate of drug-likeness (QED) is 0.272. The zero-order chi connectivity index (χ0) is 23.7. The lowest BCUT2D eigenvalue weighted by Crippen LogP contribution is -2.19. The molecule has 0 saturated carbocycles. The average molecular weight is 434 g/mol. The van der Waals surface area contributed by atoms with Crippen molar-refractivity contribution in [1.29, 1.82) is 21.0 Å². The van der Waals surface area contributed by atoms with E-state index in [9.17, 15) is 21.0 Å². The van der Waals surface area contributed by atoms with Crippen molar-refractivity contribution in [2.75, 3.05) is 0 Å². The number of benzene rings is 5. The summed E-state index contributed by atoms with van der Waals surface area (Å²) in [6.07, 6.45) is 7.44. The predicted molar refractivity (Wildman–Crippen MR) is 124 cm³/mol. The van der Waals surface area contributed by atoms with Crippen LogP contribution < -0.4 is 21.4 Å². The summed E-state index contributed by atoms with van der Waals surface area (Å²) in [5, 5.41) is 44.2. The van der Waals surface area contributed by atoms with Gasteiger partial charge < -0.3 is 0 Å². The zero-order valence-corrected chi connectivity index (χ0v) is 17.4. The highest BCUT2D eigenvalue weighted by Gasteiger charge is 2.14. The molecule has 0 saturated heterocycles. The van der Waals surface area contributed by atoms with Crippen molar-refractivity contribution in [3.63, 3.8) is 0 Å². The first-order valence-electron chi connectivity index (χ1n) is 9.99. The van der Waals surface area contributed by atoms with Crippen molar-refractivity contribution in [2.45, 2.75) is 0 Å². The summed E-state index contributed by atoms with van der Waals surface area (Å²) >= 11 is 0. The fourth-order valence-electron chi connectivity index (χ4n) is 4.44. The molecule has 8 heteroatoms. The van der Waals surface area contributed by atoms with E-state index in [0.29, 0.717) is 64.5 Å². The van der Waals surface area contributed by atoms with Crippen LogP contribution in [0.1, 0.15) is 0 Å². The van der Waals surface area contributed by atoms with E-state index >= 15 is 0 Å². The van der Waals surface area contributed by atoms with Crippen LogP contribution in [0.4, 0.5) is 0 Å². The third-order valence-electron chi connectivity index (χ3n) is 5.70. The van der Waals surface area contributed by atoms with Gasteiger partial charge in [-0.25, -0.2) is 0 Å². The standard InChI is InChI=1S/C26H10N8/c27-11-31-23-15-5-1-2-6-16(15)24(32-12-28)20-10-22-21(9-19(20)23)25(33-13-29)17-7-3-4-8-18(17)26(22)34-14-30/h1-10H/b31-23-,32-24+,33-25+,34-26-. The van der Waals surface area contributed by atoms with Crippen molar-refractivity contribution in [1.82, 2.24) is 0 Å². The van der Waals surface area contributed by atoms with Crippen LogP contribution in [0, 0.1) is 45.8 Å². The maximum atomic E-state index is 9.41. The molecule has 0 amide bonds. The highest BCUT2D eigenvalue weighted by molar-refractivity contribution is 6.07. The van der Waals surface area contributed by atoms with E-state index in [1.807, 2.05) is 73.3 Å². The molecule has 0 aliphatic heterocycles. The van der Waals surface area contributed by atoms with Gasteiger partial charge in [-0.2, -0.15) is 41.0 Å². The summed E-state index contributed by atoms with van der Waals surface area (Å²) in [4.78, 5) is 16.3. The number of rotatable bonds is 0. The van der Waals surface area contributed by atoms with Crippen LogP contribution in [0.25, 0.3) is 43.1 Å². The molecule has 0 aliphatic rings. The predicted octanol–water partition coefficient (Wildman–Crippen LogP) is 2.70. The highest BCUT2D eigenvalue weighted by Crippen LogP contribution is 2.20. The van der Waals surface area contributed by atoms with E-state index in [1.54, 1.807) is 12.1 Å². The summed E-state index contributed by atoms with van der Waals surface area (Å²) in [5.74, 6) is 0. The maximum absolute atomic E-state index is 9.41. The summed E-state index contributed by atoms with van der Waals surface area (Å²) in [6.45, 7) is 0. The summed E-state index contributed by atoms with van der Waals surface area (Å²) < 4.78 is 0. The Kier molecular flexibility index (Phi) is 4.81. The van der Waals surface area contributed by atoms with Gasteiger partial charge in [-0.05, 0) is 12.1 Å². The van der Waals surface area contributed by atoms with E-state index in [-0.39, 0.29) is 0 Å². The van der Waals surface area contributed by atoms with E-state index in [0.717, 1.165) is 0 Å². The number of nitriles is 4. The number of nitrogens with zero attached hydrogens (tertiary/aromatic N) is 8. The molecule has 0 aromatic heterocycles. The normalized spacial score (nSPS) is 13.3. The minimum absolute atomic E-state index is 0.418. The first-order chi connectivity index (χ1) is 16.7. The van der Waals surface area contributed by atoms with Crippen LogP contribution in [0.3, 0.4) is 0 Å². The van der Waals surface area contributed by atoms with Gasteiger partial charge in [0.05, 0.1) is 21.4 Å². The van der Waals surface area contributed by atoms with Crippen LogP contribution >= 0.6 is 0 Å². The van der Waals surface area contributed by atoms with E-state index in [4.69, 9.17) is 0 Å². The number of hydrogen-bond acceptors (Lipinski definition) is 8. The van der Waals surface area contributed by atoms with Crippen molar-refractivity contribution in [3.8, 4) is 24.8 Å². The monoisotopic (exact) mass is 434 g/mol. The van der Waals surface area contributed by atoms with Gasteiger partial charge >= 0.3 is 0 Å². The molecule has 5 rings (SSSR count). The van der Waals surface area contributed by atoms with Gasteiger partial charge in [-0.3, -0.25) is 0 Å². The molecule has 0 atom stereocenters. The first kappa shape index (κ1) is 20.2. The van der Waals surface area contributed by atoms with Crippen LogP contribution in [0.15, 0.2) is 80.6 Å². The third kappa shape index (κ3) is 2.89. The fourth-order valence-corrected chi connectivity index (χ4v) is 4.44. The Morgan fingerprint density at radius 2 is 0.618 bits per heavy atom. The molecule has 8 nitrogen and oxygen atoms in total. The molecule has 0 fully saturated rings. The Balaban J connectivity index is 2.27. The van der Waals surface area contributed by atoms with Crippen molar-refractivity contribution in [2.24, 2.45) is 20.0 Å². The maximum Gasteiger partial charge on any atom is 0.206 e. The lowest BCUT2D eigenvalue weighted by atomic mass is 9.95. The van der Waals surface area contributed by atoms with E-state index in [1.165, 1.54) is 0 Å². The van der Waals surface area contributed by atoms with E-state index < -0.39 is 0 Å². The number of hydrogen-bond donors (Lipinski definition) is 0. The van der Waals surface area contributed by atoms with Crippen LogP contribution in [0.2, 0.25) is 0 Å². The van der Waals surface area contributed by atoms with Gasteiger partial charge in [0.2, 0.25) is 24.8 Å². The zero-order valence-electron chi connectivity index (χ0n) is 17.4. The van der Waals surface area contributed by atoms with Gasteiger partial charge in [-0.1, -0.05) is 48.5 Å². The minimum Gasteiger partial charge on any atom is -0.172 e. The molecule has 34 heavy (non-hydrogen) atoms. The Bertz CT molecular complexity index is 1810. The van der Waals surface area contributed by atoms with E-state index in [2.05, 4.69) is 20.0 Å². The van der Waals surface area contributed by atoms with Gasteiger partial charge in [0.25, 0.3) is 0 Å². The van der Waals surface area contributed by atoms with Gasteiger partial charge in [-0.15, -0.1) is 0 Å². The summed E-state index contributed by atoms with van der Waals surface area (Å²) in [7, 11) is 0. The Morgan fingerprint density at radius 3 is 0.824 bits per heavy atom. The molecular formula is C26H10N8. The molecule has 0 N–H and O–H groups in total. The third-order valence-corrected chi connectivity index (χ3v) is 5.70. The minimum atomic E-state index is 0.418. The molecule has 0 aliphatic carbocycles. The topological polar surface area (TPSA) is 145 Å². The Morgan fingerprint density at radius 1 is 0.382 bits per heavy atom. The molecular weight excluding hydrogens is 424 g/mol. The van der Waals surface area contributed by atoms with Gasteiger partial charge in [0, 0.05) is 43.1 Å². The molecule has 0 heterocycles. The van der Waals surface area contributed by atoms with Crippen molar-refractivity contribution < 1.29 is 0 Å². The average Bonchev–Trinajstić information content (AvgIpc) is 2.87. The van der Waals surface area contributed by atoms with Crippen LogP contribution in [0.5, 0.6) is 0 Å². The van der Waals surface area contributed by atoms with Crippen LogP contribution in [-0.4, -0.2) is 0 Å². The molecule has 154 valence electrons. The summed E-state index contributed by atoms with van der Waals surface area (Å²) in [6, 6.07) is 18.0. The second-order valence-electron chi connectivity index (χ2n) is 7.28. The van der Waals surface area contributed by atoms with Gasteiger partial charge in [0.15, 0.2) is 0 Å². The molecule has 0 unspecified atom stereocenters. The Labute approximate surface area is 191 Å². The lowest BCUT2D eigenvalue weighted by Gasteiger charge is -2.09. The van der Waals surface area contributed by atoms with Crippen LogP contribution in [-0.2, 0) is 0 Å². The largest absolute Gasteiger partial charge is 0.206 e. The van der Waals surface area contributed by atoms with Crippen molar-refractivity contribution in [3.05, 3.63) is 82.1 Å². The summed E-state index contributed by atoms with van der Waals surface area (Å²) in [5.41, 5.74) is 0. The second kappa shape index (κ2) is 8.09. The molecule has 5 aromatic carbocycles. The smallest absolute Gasteiger partial charge is 0.172 e. The highest BCUT2D eigenvalue weighted by atomic mass is 14.7. The molecule has 0 radical (unpaired) electrons. The second-order valence-corrected chi connectivity index (χ2v) is 7.28. The molecule has 0 bridgehead atoms. The molecule has 5 aromatic rings. The fraction of sp³-hybridized carbons (Fsp3) is 0. The lowest BCUT2D eigenvalue weighted by molar-refractivity contribution is 1.33. The Hall–Kier alpha value is -5.70. The van der Waals surface area contributed by atoms with Crippen molar-refractivity contribution >= 4 is 43.1 Å². The number of fused-ring (bicyclic) bond motifs is 4.